The molecule has 14 heteroatoms. The fourth-order valence-electron chi connectivity index (χ4n) is 3.08. The zero-order valence-electron chi connectivity index (χ0n) is 18.4. The molecular weight excluding hydrogens is 456 g/mol. The Balaban J connectivity index is 1.58. The maximum atomic E-state index is 12.9. The Morgan fingerprint density at radius 2 is 1.94 bits per heavy atom. The molecule has 2 amide bonds. The molecule has 6 N–H and O–H groups in total. The van der Waals surface area contributed by atoms with E-state index in [1.807, 2.05) is 0 Å². The third-order valence-electron chi connectivity index (χ3n) is 4.81. The minimum atomic E-state index is -0.643. The van der Waals surface area contributed by atoms with Gasteiger partial charge in [0.1, 0.15) is 5.75 Å². The van der Waals surface area contributed by atoms with Crippen LogP contribution in [-0.4, -0.2) is 50.4 Å². The number of carbonyl (C=O) groups is 2. The van der Waals surface area contributed by atoms with Crippen molar-refractivity contribution in [3.05, 3.63) is 71.0 Å². The number of carbonyl (C=O) groups excluding carboxylic acids is 2. The Bertz CT molecular complexity index is 1380. The number of nitrogens with two attached hydrogens (primary N) is 2. The standard InChI is InChI=1S/C21H20N10O4/c1-34-13-8-6-12(7-9-13)10-25-27-21(33)17-16(31(30-26-17)20-18(22)28-35-29-20)11-24-15-5-3-2-4-14(15)19(23)32/h2-10,24H,11H2,1H3,(H2,22,28)(H2,23,32)(H,27,33). The summed E-state index contributed by atoms with van der Waals surface area (Å²) in [5.41, 5.74) is 15.3. The molecule has 0 aliphatic carbocycles. The van der Waals surface area contributed by atoms with E-state index in [-0.39, 0.29) is 35.1 Å². The molecule has 2 aromatic carbocycles. The van der Waals surface area contributed by atoms with Crippen LogP contribution in [0.5, 0.6) is 5.75 Å². The number of nitrogens with zero attached hydrogens (tertiary/aromatic N) is 6. The van der Waals surface area contributed by atoms with Crippen LogP contribution in [0.4, 0.5) is 11.5 Å². The fourth-order valence-corrected chi connectivity index (χ4v) is 3.08. The summed E-state index contributed by atoms with van der Waals surface area (Å²) in [6.45, 7) is -0.00542. The highest BCUT2D eigenvalue weighted by Crippen LogP contribution is 2.20. The number of hydrogen-bond donors (Lipinski definition) is 4. The molecule has 2 aromatic heterocycles. The molecule has 4 aromatic rings. The number of nitrogen functional groups attached to an aromatic ring is 1. The molecule has 0 unspecified atom stereocenters. The largest absolute Gasteiger partial charge is 0.497 e. The zero-order chi connectivity index (χ0) is 24.8. The van der Waals surface area contributed by atoms with Crippen LogP contribution >= 0.6 is 0 Å². The highest BCUT2D eigenvalue weighted by molar-refractivity contribution is 5.98. The van der Waals surface area contributed by atoms with Gasteiger partial charge >= 0.3 is 0 Å². The van der Waals surface area contributed by atoms with E-state index in [1.165, 1.54) is 10.9 Å². The summed E-state index contributed by atoms with van der Waals surface area (Å²) in [7, 11) is 1.57. The number of amides is 2. The SMILES string of the molecule is COc1ccc(C=NNC(=O)c2nnn(-c3nonc3N)c2CNc2ccccc2C(N)=O)cc1. The Morgan fingerprint density at radius 1 is 1.17 bits per heavy atom. The van der Waals surface area contributed by atoms with E-state index in [4.69, 9.17) is 16.2 Å². The maximum absolute atomic E-state index is 12.9. The number of ether oxygens (including phenoxy) is 1. The predicted octanol–water partition coefficient (Wildman–Crippen LogP) is 0.716. The molecule has 2 heterocycles. The summed E-state index contributed by atoms with van der Waals surface area (Å²) < 4.78 is 11.0. The summed E-state index contributed by atoms with van der Waals surface area (Å²) in [6.07, 6.45) is 1.46. The van der Waals surface area contributed by atoms with Crippen molar-refractivity contribution in [3.63, 3.8) is 0 Å². The summed E-state index contributed by atoms with van der Waals surface area (Å²) in [5.74, 6) is -0.581. The van der Waals surface area contributed by atoms with Gasteiger partial charge in [0.05, 0.1) is 31.1 Å². The van der Waals surface area contributed by atoms with Crippen LogP contribution in [0.2, 0.25) is 0 Å². The Labute approximate surface area is 197 Å². The number of hydrazone groups is 1. The molecule has 0 radical (unpaired) electrons. The van der Waals surface area contributed by atoms with Gasteiger partial charge in [0.25, 0.3) is 11.8 Å². The van der Waals surface area contributed by atoms with Gasteiger partial charge in [-0.2, -0.15) is 9.78 Å². The van der Waals surface area contributed by atoms with Crippen LogP contribution in [0.25, 0.3) is 5.82 Å². The van der Waals surface area contributed by atoms with Crippen LogP contribution in [0, 0.1) is 0 Å². The third kappa shape index (κ3) is 5.05. The molecule has 0 atom stereocenters. The van der Waals surface area contributed by atoms with Crippen LogP contribution in [0.1, 0.15) is 32.1 Å². The smallest absolute Gasteiger partial charge is 0.293 e. The highest BCUT2D eigenvalue weighted by atomic mass is 16.6. The van der Waals surface area contributed by atoms with Crippen LogP contribution in [-0.2, 0) is 6.54 Å². The molecule has 4 rings (SSSR count). The van der Waals surface area contributed by atoms with Gasteiger partial charge in [0.2, 0.25) is 11.6 Å². The van der Waals surface area contributed by atoms with E-state index in [2.05, 4.69) is 41.1 Å². The van der Waals surface area contributed by atoms with Crippen molar-refractivity contribution in [1.82, 2.24) is 30.7 Å². The van der Waals surface area contributed by atoms with Gasteiger partial charge in [-0.15, -0.1) is 5.10 Å². The first-order valence-electron chi connectivity index (χ1n) is 10.1. The number of methoxy groups -OCH3 is 1. The topological polar surface area (TPSA) is 201 Å². The Morgan fingerprint density at radius 3 is 2.63 bits per heavy atom. The summed E-state index contributed by atoms with van der Waals surface area (Å²) in [6, 6.07) is 13.7. The number of aromatic nitrogens is 5. The average molecular weight is 476 g/mol. The molecule has 0 saturated heterocycles. The lowest BCUT2D eigenvalue weighted by atomic mass is 10.1. The summed E-state index contributed by atoms with van der Waals surface area (Å²) >= 11 is 0. The van der Waals surface area contributed by atoms with Gasteiger partial charge in [0, 0.05) is 5.69 Å². The lowest BCUT2D eigenvalue weighted by molar-refractivity contribution is 0.0947. The monoisotopic (exact) mass is 476 g/mol. The quantitative estimate of drug-likeness (QED) is 0.197. The van der Waals surface area contributed by atoms with Gasteiger partial charge < -0.3 is 21.5 Å². The number of hydrogen-bond acceptors (Lipinski definition) is 11. The molecule has 0 aliphatic rings. The van der Waals surface area contributed by atoms with Crippen molar-refractivity contribution in [3.8, 4) is 11.6 Å². The second-order valence-electron chi connectivity index (χ2n) is 7.01. The highest BCUT2D eigenvalue weighted by Gasteiger charge is 2.24. The van der Waals surface area contributed by atoms with Gasteiger partial charge in [-0.3, -0.25) is 9.59 Å². The lowest BCUT2D eigenvalue weighted by Gasteiger charge is -2.11. The average Bonchev–Trinajstić information content (AvgIpc) is 3.48. The predicted molar refractivity (Wildman–Crippen MR) is 124 cm³/mol. The number of anilines is 2. The summed E-state index contributed by atoms with van der Waals surface area (Å²) in [5, 5.41) is 22.2. The van der Waals surface area contributed by atoms with Gasteiger partial charge in [-0.25, -0.2) is 10.1 Å². The minimum Gasteiger partial charge on any atom is -0.497 e. The molecule has 35 heavy (non-hydrogen) atoms. The third-order valence-corrected chi connectivity index (χ3v) is 4.81. The molecular formula is C21H20N10O4. The first kappa shape index (κ1) is 22.9. The summed E-state index contributed by atoms with van der Waals surface area (Å²) in [4.78, 5) is 24.6. The van der Waals surface area contributed by atoms with Gasteiger partial charge in [-0.05, 0) is 52.3 Å². The van der Waals surface area contributed by atoms with E-state index in [9.17, 15) is 9.59 Å². The maximum Gasteiger partial charge on any atom is 0.293 e. The Hall–Kier alpha value is -5.27. The number of primary amides is 1. The van der Waals surface area contributed by atoms with Crippen molar-refractivity contribution in [2.75, 3.05) is 18.2 Å². The molecule has 0 saturated carbocycles. The molecule has 0 aliphatic heterocycles. The number of benzene rings is 2. The van der Waals surface area contributed by atoms with Gasteiger partial charge in [0.15, 0.2) is 5.69 Å². The fraction of sp³-hybridized carbons (Fsp3) is 0.0952. The van der Waals surface area contributed by atoms with Crippen LogP contribution in [0.15, 0.2) is 58.3 Å². The van der Waals surface area contributed by atoms with Crippen molar-refractivity contribution in [1.29, 1.82) is 0 Å². The second kappa shape index (κ2) is 10.1. The molecule has 0 fully saturated rings. The molecule has 0 bridgehead atoms. The van der Waals surface area contributed by atoms with Crippen molar-refractivity contribution >= 4 is 29.5 Å². The van der Waals surface area contributed by atoms with E-state index < -0.39 is 11.8 Å². The number of para-hydroxylation sites is 1. The number of nitrogens with one attached hydrogen (secondary N) is 2. The van der Waals surface area contributed by atoms with Gasteiger partial charge in [-0.1, -0.05) is 17.3 Å². The Kier molecular flexibility index (Phi) is 6.62. The van der Waals surface area contributed by atoms with E-state index in [0.29, 0.717) is 11.4 Å². The van der Waals surface area contributed by atoms with E-state index in [1.54, 1.807) is 55.6 Å². The molecule has 14 nitrogen and oxygen atoms in total. The van der Waals surface area contributed by atoms with E-state index >= 15 is 0 Å². The van der Waals surface area contributed by atoms with E-state index in [0.717, 1.165) is 5.56 Å². The van der Waals surface area contributed by atoms with Crippen LogP contribution < -0.4 is 26.9 Å². The molecule has 178 valence electrons. The zero-order valence-corrected chi connectivity index (χ0v) is 18.4. The number of rotatable bonds is 9. The van der Waals surface area contributed by atoms with Crippen LogP contribution in [0.3, 0.4) is 0 Å². The second-order valence-corrected chi connectivity index (χ2v) is 7.01. The van der Waals surface area contributed by atoms with Crippen molar-refractivity contribution in [2.24, 2.45) is 10.8 Å². The minimum absolute atomic E-state index is 0.00542. The first-order chi connectivity index (χ1) is 17.0. The normalized spacial score (nSPS) is 10.9. The van der Waals surface area contributed by atoms with Crippen molar-refractivity contribution in [2.45, 2.75) is 6.54 Å². The lowest BCUT2D eigenvalue weighted by Crippen LogP contribution is -2.22. The van der Waals surface area contributed by atoms with Crippen molar-refractivity contribution < 1.29 is 19.0 Å². The first-order valence-corrected chi connectivity index (χ1v) is 10.1. The molecule has 0 spiro atoms.